The minimum absolute atomic E-state index is 0.182. The maximum atomic E-state index is 13.2. The van der Waals surface area contributed by atoms with Gasteiger partial charge in [0.1, 0.15) is 23.7 Å². The molecule has 0 bridgehead atoms. The molecule has 0 unspecified atom stereocenters. The molecule has 2 N–H and O–H groups in total. The molecule has 2 rings (SSSR count). The Balaban J connectivity index is 2.19. The van der Waals surface area contributed by atoms with E-state index in [1.165, 1.54) is 19.5 Å². The normalized spacial score (nSPS) is 11.0. The maximum Gasteiger partial charge on any atom is 0.231 e. The third kappa shape index (κ3) is 4.64. The van der Waals surface area contributed by atoms with Crippen LogP contribution >= 0.6 is 0 Å². The summed E-state index contributed by atoms with van der Waals surface area (Å²) < 4.78 is 18.2. The molecule has 0 aliphatic rings. The highest BCUT2D eigenvalue weighted by molar-refractivity contribution is 5.91. The second-order valence-electron chi connectivity index (χ2n) is 4.84. The summed E-state index contributed by atoms with van der Waals surface area (Å²) in [4.78, 5) is 23.0. The molecule has 2 aromatic rings. The number of aromatic nitrogens is 3. The van der Waals surface area contributed by atoms with Crippen molar-refractivity contribution in [2.45, 2.75) is 6.42 Å². The number of anilines is 1. The molecule has 0 spiro atoms. The number of allylic oxidation sites excluding steroid dienone is 3. The van der Waals surface area contributed by atoms with Gasteiger partial charge in [-0.2, -0.15) is 0 Å². The van der Waals surface area contributed by atoms with Gasteiger partial charge in [-0.3, -0.25) is 4.79 Å². The van der Waals surface area contributed by atoms with Crippen LogP contribution in [0.5, 0.6) is 0 Å². The first-order valence-corrected chi connectivity index (χ1v) is 7.03. The molecule has 1 amide bonds. The number of carbonyl (C=O) groups is 1. The van der Waals surface area contributed by atoms with Gasteiger partial charge in [-0.1, -0.05) is 13.2 Å². The molecule has 0 fully saturated rings. The summed E-state index contributed by atoms with van der Waals surface area (Å²) in [5.74, 6) is -0.403. The smallest absolute Gasteiger partial charge is 0.231 e. The van der Waals surface area contributed by atoms with Crippen LogP contribution in [-0.4, -0.2) is 28.0 Å². The highest BCUT2D eigenvalue weighted by Gasteiger charge is 2.12. The van der Waals surface area contributed by atoms with Crippen LogP contribution in [-0.2, 0) is 16.0 Å². The molecule has 2 aromatic heterocycles. The van der Waals surface area contributed by atoms with Gasteiger partial charge in [0.25, 0.3) is 0 Å². The summed E-state index contributed by atoms with van der Waals surface area (Å²) >= 11 is 0. The molecule has 0 aliphatic carbocycles. The molecular weight excluding hydrogens is 311 g/mol. The highest BCUT2D eigenvalue weighted by Crippen LogP contribution is 2.23. The third-order valence-electron chi connectivity index (χ3n) is 3.07. The van der Waals surface area contributed by atoms with Gasteiger partial charge in [-0.05, 0) is 18.2 Å². The molecule has 2 heterocycles. The number of methoxy groups -OCH3 is 1. The van der Waals surface area contributed by atoms with Crippen molar-refractivity contribution in [2.75, 3.05) is 12.4 Å². The average molecular weight is 328 g/mol. The molecule has 0 atom stereocenters. The summed E-state index contributed by atoms with van der Waals surface area (Å²) in [5, 5.41) is 2.66. The van der Waals surface area contributed by atoms with Crippen LogP contribution in [0.4, 0.5) is 10.2 Å². The fraction of sp³-hybridized carbons (Fsp3) is 0.118. The van der Waals surface area contributed by atoms with Crippen LogP contribution in [0.15, 0.2) is 61.5 Å². The van der Waals surface area contributed by atoms with Gasteiger partial charge in [0, 0.05) is 23.5 Å². The number of H-pyrrole nitrogens is 1. The number of hydrogen-bond donors (Lipinski definition) is 2. The maximum absolute atomic E-state index is 13.2. The van der Waals surface area contributed by atoms with Crippen molar-refractivity contribution < 1.29 is 13.9 Å². The molecule has 0 aromatic carbocycles. The van der Waals surface area contributed by atoms with Crippen molar-refractivity contribution in [1.29, 1.82) is 0 Å². The number of ether oxygens (including phenoxy) is 1. The number of aromatic amines is 1. The highest BCUT2D eigenvalue weighted by atomic mass is 19.1. The molecule has 0 radical (unpaired) electrons. The minimum atomic E-state index is -0.667. The van der Waals surface area contributed by atoms with Gasteiger partial charge in [0.2, 0.25) is 5.91 Å². The Kier molecular flexibility index (Phi) is 5.62. The van der Waals surface area contributed by atoms with Gasteiger partial charge in [-0.15, -0.1) is 0 Å². The van der Waals surface area contributed by atoms with Crippen LogP contribution in [0.1, 0.15) is 11.4 Å². The van der Waals surface area contributed by atoms with Gasteiger partial charge >= 0.3 is 0 Å². The minimum Gasteiger partial charge on any atom is -0.497 e. The van der Waals surface area contributed by atoms with E-state index in [9.17, 15) is 9.18 Å². The number of rotatable bonds is 7. The van der Waals surface area contributed by atoms with E-state index >= 15 is 0 Å². The Morgan fingerprint density at radius 2 is 2.25 bits per heavy atom. The van der Waals surface area contributed by atoms with Crippen molar-refractivity contribution in [3.05, 3.63) is 72.9 Å². The topological polar surface area (TPSA) is 79.9 Å². The van der Waals surface area contributed by atoms with Crippen molar-refractivity contribution in [1.82, 2.24) is 15.0 Å². The second kappa shape index (κ2) is 7.87. The number of hydrogen-bond acceptors (Lipinski definition) is 4. The van der Waals surface area contributed by atoms with Crippen molar-refractivity contribution in [3.63, 3.8) is 0 Å². The first-order chi connectivity index (χ1) is 11.5. The van der Waals surface area contributed by atoms with Gasteiger partial charge in [0.15, 0.2) is 0 Å². The number of amides is 1. The Labute approximate surface area is 138 Å². The summed E-state index contributed by atoms with van der Waals surface area (Å²) in [5.41, 5.74) is 1.45. The van der Waals surface area contributed by atoms with E-state index in [2.05, 4.69) is 33.4 Å². The van der Waals surface area contributed by atoms with Crippen LogP contribution < -0.4 is 5.32 Å². The fourth-order valence-electron chi connectivity index (χ4n) is 1.97. The Bertz CT molecular complexity index is 782. The standard InChI is InChI=1S/C17H17FN4O2/c1-11(18)7-14(12(2)24-3)15-9-16(21-10-20-15)22-17(23)8-13-5-4-6-19-13/h4-7,9-10,19H,1-2,8H2,3H3,(H,20,21,22,23)/b14-7+. The molecule has 6 nitrogen and oxygen atoms in total. The Hall–Kier alpha value is -3.22. The lowest BCUT2D eigenvalue weighted by Crippen LogP contribution is -2.16. The molecule has 0 aliphatic heterocycles. The zero-order chi connectivity index (χ0) is 17.5. The number of carbonyl (C=O) groups excluding carboxylic acids is 1. The van der Waals surface area contributed by atoms with Crippen LogP contribution in [0.3, 0.4) is 0 Å². The fourth-order valence-corrected chi connectivity index (χ4v) is 1.97. The molecule has 0 saturated carbocycles. The zero-order valence-corrected chi connectivity index (χ0v) is 13.2. The first kappa shape index (κ1) is 17.1. The molecule has 124 valence electrons. The van der Waals surface area contributed by atoms with Crippen molar-refractivity contribution in [3.8, 4) is 0 Å². The lowest BCUT2D eigenvalue weighted by Gasteiger charge is -2.10. The second-order valence-corrected chi connectivity index (χ2v) is 4.84. The molecular formula is C17H17FN4O2. The van der Waals surface area contributed by atoms with E-state index in [1.54, 1.807) is 12.3 Å². The van der Waals surface area contributed by atoms with E-state index in [4.69, 9.17) is 4.74 Å². The lowest BCUT2D eigenvalue weighted by molar-refractivity contribution is -0.115. The van der Waals surface area contributed by atoms with E-state index in [0.29, 0.717) is 11.3 Å². The van der Waals surface area contributed by atoms with Gasteiger partial charge < -0.3 is 15.0 Å². The van der Waals surface area contributed by atoms with E-state index in [-0.39, 0.29) is 23.9 Å². The lowest BCUT2D eigenvalue weighted by atomic mass is 10.1. The quantitative estimate of drug-likeness (QED) is 0.605. The summed E-state index contributed by atoms with van der Waals surface area (Å²) in [6, 6.07) is 5.12. The summed E-state index contributed by atoms with van der Waals surface area (Å²) in [7, 11) is 1.41. The summed E-state index contributed by atoms with van der Waals surface area (Å²) in [6.45, 7) is 6.89. The predicted molar refractivity (Wildman–Crippen MR) is 89.5 cm³/mol. The monoisotopic (exact) mass is 328 g/mol. The van der Waals surface area contributed by atoms with Crippen LogP contribution in [0.2, 0.25) is 0 Å². The molecule has 24 heavy (non-hydrogen) atoms. The predicted octanol–water partition coefficient (Wildman–Crippen LogP) is 3.01. The van der Waals surface area contributed by atoms with Gasteiger partial charge in [-0.25, -0.2) is 14.4 Å². The van der Waals surface area contributed by atoms with E-state index in [0.717, 1.165) is 11.8 Å². The van der Waals surface area contributed by atoms with Crippen LogP contribution in [0.25, 0.3) is 5.57 Å². The molecule has 7 heteroatoms. The number of nitrogens with one attached hydrogen (secondary N) is 2. The molecule has 0 saturated heterocycles. The Morgan fingerprint density at radius 3 is 2.88 bits per heavy atom. The number of halogens is 1. The Morgan fingerprint density at radius 1 is 1.46 bits per heavy atom. The largest absolute Gasteiger partial charge is 0.497 e. The van der Waals surface area contributed by atoms with Gasteiger partial charge in [0.05, 0.1) is 19.2 Å². The number of nitrogens with zero attached hydrogens (tertiary/aromatic N) is 2. The first-order valence-electron chi connectivity index (χ1n) is 7.03. The van der Waals surface area contributed by atoms with Crippen LogP contribution in [0, 0.1) is 0 Å². The summed E-state index contributed by atoms with van der Waals surface area (Å²) in [6.07, 6.45) is 4.33. The average Bonchev–Trinajstić information content (AvgIpc) is 3.04. The SMILES string of the molecule is C=C(F)/C=C(\C(=C)OC)c1cc(NC(=O)Cc2ccc[nH]2)ncn1. The van der Waals surface area contributed by atoms with E-state index < -0.39 is 5.83 Å². The zero-order valence-electron chi connectivity index (χ0n) is 13.2. The third-order valence-corrected chi connectivity index (χ3v) is 3.07. The van der Waals surface area contributed by atoms with E-state index in [1.807, 2.05) is 6.07 Å². The van der Waals surface area contributed by atoms with Crippen molar-refractivity contribution in [2.24, 2.45) is 0 Å². The van der Waals surface area contributed by atoms with Crippen molar-refractivity contribution >= 4 is 17.3 Å².